The Morgan fingerprint density at radius 1 is 1.22 bits per heavy atom. The van der Waals surface area contributed by atoms with Crippen LogP contribution in [0.4, 0.5) is 14.7 Å². The Morgan fingerprint density at radius 3 is 2.75 bits per heavy atom. The molecule has 6 rings (SSSR count). The SMILES string of the molecule is COc1nc(NC2CCN(C3COC3)CC2(F)F)nn2ccc(-c3ccc4nnn(C(C)C)c4c3)c12. The zero-order valence-electron chi connectivity index (χ0n) is 20.4. The van der Waals surface area contributed by atoms with Crippen molar-refractivity contribution in [3.63, 3.8) is 0 Å². The van der Waals surface area contributed by atoms with Gasteiger partial charge in [-0.05, 0) is 44.0 Å². The van der Waals surface area contributed by atoms with Gasteiger partial charge in [-0.15, -0.1) is 10.2 Å². The van der Waals surface area contributed by atoms with Gasteiger partial charge in [0.15, 0.2) is 0 Å². The number of nitrogens with one attached hydrogen (secondary N) is 1. The Labute approximate surface area is 206 Å². The molecule has 0 amide bonds. The van der Waals surface area contributed by atoms with Crippen LogP contribution in [0.3, 0.4) is 0 Å². The lowest BCUT2D eigenvalue weighted by Crippen LogP contribution is -2.61. The van der Waals surface area contributed by atoms with Crippen LogP contribution in [0.5, 0.6) is 5.88 Å². The summed E-state index contributed by atoms with van der Waals surface area (Å²) in [7, 11) is 1.51. The molecule has 0 bridgehead atoms. The van der Waals surface area contributed by atoms with Crippen LogP contribution < -0.4 is 10.1 Å². The normalized spacial score (nSPS) is 20.8. The van der Waals surface area contributed by atoms with E-state index in [1.54, 1.807) is 10.7 Å². The lowest BCUT2D eigenvalue weighted by molar-refractivity contribution is -0.131. The van der Waals surface area contributed by atoms with Gasteiger partial charge in [0.25, 0.3) is 5.92 Å². The third kappa shape index (κ3) is 3.84. The average Bonchev–Trinajstić information content (AvgIpc) is 3.42. The first-order valence-corrected chi connectivity index (χ1v) is 12.1. The van der Waals surface area contributed by atoms with Crippen molar-refractivity contribution in [1.29, 1.82) is 0 Å². The lowest BCUT2D eigenvalue weighted by Gasteiger charge is -2.44. The lowest BCUT2D eigenvalue weighted by atomic mass is 9.98. The molecule has 5 heterocycles. The summed E-state index contributed by atoms with van der Waals surface area (Å²) in [6.45, 7) is 5.40. The van der Waals surface area contributed by atoms with Gasteiger partial charge in [0.05, 0.1) is 44.5 Å². The first kappa shape index (κ1) is 23.0. The number of hydrogen-bond acceptors (Lipinski definition) is 8. The van der Waals surface area contributed by atoms with E-state index in [1.807, 2.05) is 33.8 Å². The second kappa shape index (κ2) is 8.63. The number of methoxy groups -OCH3 is 1. The van der Waals surface area contributed by atoms with Gasteiger partial charge in [0, 0.05) is 24.3 Å². The molecule has 0 radical (unpaired) electrons. The highest BCUT2D eigenvalue weighted by Gasteiger charge is 2.47. The van der Waals surface area contributed by atoms with Gasteiger partial charge in [0.2, 0.25) is 11.8 Å². The quantitative estimate of drug-likeness (QED) is 0.433. The fourth-order valence-electron chi connectivity index (χ4n) is 4.96. The van der Waals surface area contributed by atoms with E-state index in [9.17, 15) is 8.78 Å². The van der Waals surface area contributed by atoms with E-state index in [0.717, 1.165) is 22.2 Å². The van der Waals surface area contributed by atoms with Crippen LogP contribution in [0.15, 0.2) is 30.5 Å². The van der Waals surface area contributed by atoms with Crippen molar-refractivity contribution < 1.29 is 18.3 Å². The number of likely N-dealkylation sites (tertiary alicyclic amines) is 1. The predicted octanol–water partition coefficient (Wildman–Crippen LogP) is 3.25. The molecule has 0 spiro atoms. The van der Waals surface area contributed by atoms with E-state index in [0.29, 0.717) is 31.2 Å². The summed E-state index contributed by atoms with van der Waals surface area (Å²) in [6.07, 6.45) is 2.06. The van der Waals surface area contributed by atoms with Crippen molar-refractivity contribution >= 4 is 22.5 Å². The summed E-state index contributed by atoms with van der Waals surface area (Å²) >= 11 is 0. The molecule has 36 heavy (non-hydrogen) atoms. The smallest absolute Gasteiger partial charge is 0.280 e. The number of nitrogens with zero attached hydrogens (tertiary/aromatic N) is 7. The molecule has 2 aliphatic rings. The molecule has 1 N–H and O–H groups in total. The number of halogens is 2. The van der Waals surface area contributed by atoms with E-state index >= 15 is 0 Å². The summed E-state index contributed by atoms with van der Waals surface area (Å²) in [5.74, 6) is -2.52. The summed E-state index contributed by atoms with van der Waals surface area (Å²) in [4.78, 5) is 6.26. The molecule has 3 aromatic heterocycles. The van der Waals surface area contributed by atoms with E-state index in [4.69, 9.17) is 9.47 Å². The Bertz CT molecular complexity index is 1410. The van der Waals surface area contributed by atoms with Gasteiger partial charge >= 0.3 is 0 Å². The predicted molar refractivity (Wildman–Crippen MR) is 130 cm³/mol. The number of benzene rings is 1. The molecular formula is C24H28F2N8O2. The van der Waals surface area contributed by atoms with E-state index in [-0.39, 0.29) is 31.0 Å². The molecule has 2 aliphatic heterocycles. The molecule has 1 aromatic carbocycles. The molecule has 1 unspecified atom stereocenters. The molecule has 4 aromatic rings. The molecule has 190 valence electrons. The minimum Gasteiger partial charge on any atom is -0.479 e. The maximum absolute atomic E-state index is 15.0. The number of fused-ring (bicyclic) bond motifs is 2. The van der Waals surface area contributed by atoms with Crippen molar-refractivity contribution in [2.45, 2.75) is 44.3 Å². The van der Waals surface area contributed by atoms with Crippen LogP contribution >= 0.6 is 0 Å². The van der Waals surface area contributed by atoms with Crippen LogP contribution in [-0.4, -0.2) is 85.9 Å². The molecule has 10 nitrogen and oxygen atoms in total. The highest BCUT2D eigenvalue weighted by Crippen LogP contribution is 2.35. The van der Waals surface area contributed by atoms with Crippen molar-refractivity contribution in [1.82, 2.24) is 34.5 Å². The van der Waals surface area contributed by atoms with Crippen LogP contribution in [0.25, 0.3) is 27.7 Å². The van der Waals surface area contributed by atoms with Crippen LogP contribution in [0.1, 0.15) is 26.3 Å². The molecule has 12 heteroatoms. The number of ether oxygens (including phenoxy) is 2. The van der Waals surface area contributed by atoms with Gasteiger partial charge in [-0.25, -0.2) is 18.0 Å². The minimum absolute atomic E-state index is 0.0805. The molecule has 1 atom stereocenters. The number of anilines is 1. The highest BCUT2D eigenvalue weighted by atomic mass is 19.3. The van der Waals surface area contributed by atoms with E-state index in [1.165, 1.54) is 7.11 Å². The minimum atomic E-state index is -2.93. The van der Waals surface area contributed by atoms with Gasteiger partial charge < -0.3 is 14.8 Å². The van der Waals surface area contributed by atoms with Gasteiger partial charge in [-0.2, -0.15) is 4.98 Å². The summed E-state index contributed by atoms with van der Waals surface area (Å²) in [5.41, 5.74) is 4.16. The molecule has 0 aliphatic carbocycles. The van der Waals surface area contributed by atoms with Crippen LogP contribution in [0, 0.1) is 0 Å². The van der Waals surface area contributed by atoms with Crippen molar-refractivity contribution in [2.75, 3.05) is 38.7 Å². The van der Waals surface area contributed by atoms with Crippen LogP contribution in [0.2, 0.25) is 0 Å². The number of piperidine rings is 1. The number of aromatic nitrogens is 6. The van der Waals surface area contributed by atoms with Gasteiger partial charge in [-0.3, -0.25) is 4.90 Å². The Kier molecular flexibility index (Phi) is 5.52. The van der Waals surface area contributed by atoms with Crippen LogP contribution in [-0.2, 0) is 4.74 Å². The largest absolute Gasteiger partial charge is 0.479 e. The topological polar surface area (TPSA) is 94.6 Å². The monoisotopic (exact) mass is 498 g/mol. The standard InChI is InChI=1S/C24H28F2N8O2/c1-14(2)34-19-10-15(4-5-18(19)29-31-34)17-6-9-33-21(17)22(35-3)28-23(30-33)27-20-7-8-32(13-24(20,25)26)16-11-36-12-16/h4-6,9-10,14,16,20H,7-8,11-13H2,1-3H3,(H,27,30). The van der Waals surface area contributed by atoms with Crippen molar-refractivity contribution in [2.24, 2.45) is 0 Å². The Hall–Kier alpha value is -3.38. The number of rotatable bonds is 6. The maximum Gasteiger partial charge on any atom is 0.280 e. The number of hydrogen-bond donors (Lipinski definition) is 1. The fraction of sp³-hybridized carbons (Fsp3) is 0.500. The molecule has 0 saturated carbocycles. The summed E-state index contributed by atoms with van der Waals surface area (Å²) < 4.78 is 44.2. The molecular weight excluding hydrogens is 470 g/mol. The first-order chi connectivity index (χ1) is 17.3. The van der Waals surface area contributed by atoms with Gasteiger partial charge in [-0.1, -0.05) is 11.3 Å². The third-order valence-electron chi connectivity index (χ3n) is 7.01. The molecule has 2 fully saturated rings. The Balaban J connectivity index is 1.31. The van der Waals surface area contributed by atoms with E-state index < -0.39 is 12.0 Å². The Morgan fingerprint density at radius 2 is 2.06 bits per heavy atom. The highest BCUT2D eigenvalue weighted by molar-refractivity contribution is 5.89. The molecule has 2 saturated heterocycles. The summed E-state index contributed by atoms with van der Waals surface area (Å²) in [6, 6.07) is 6.99. The van der Waals surface area contributed by atoms with Crippen molar-refractivity contribution in [3.8, 4) is 17.0 Å². The zero-order chi connectivity index (χ0) is 25.0. The first-order valence-electron chi connectivity index (χ1n) is 12.1. The zero-order valence-corrected chi connectivity index (χ0v) is 20.4. The average molecular weight is 499 g/mol. The maximum atomic E-state index is 15.0. The second-order valence-corrected chi connectivity index (χ2v) is 9.71. The third-order valence-corrected chi connectivity index (χ3v) is 7.01. The van der Waals surface area contributed by atoms with Crippen molar-refractivity contribution in [3.05, 3.63) is 30.5 Å². The fourth-order valence-corrected chi connectivity index (χ4v) is 4.96. The van der Waals surface area contributed by atoms with E-state index in [2.05, 4.69) is 39.6 Å². The summed E-state index contributed by atoms with van der Waals surface area (Å²) in [5, 5.41) is 15.8. The second-order valence-electron chi connectivity index (χ2n) is 9.71. The van der Waals surface area contributed by atoms with Gasteiger partial charge in [0.1, 0.15) is 11.0 Å². The number of alkyl halides is 2.